The van der Waals surface area contributed by atoms with Crippen molar-refractivity contribution in [2.45, 2.75) is 6.92 Å². The van der Waals surface area contributed by atoms with E-state index in [4.69, 9.17) is 0 Å². The monoisotopic (exact) mass is 265 g/mol. The molecule has 1 N–H and O–H groups in total. The van der Waals surface area contributed by atoms with E-state index in [2.05, 4.69) is 5.32 Å². The Morgan fingerprint density at radius 1 is 1.00 bits per heavy atom. The number of nitrogens with one attached hydrogen (secondary N) is 1. The van der Waals surface area contributed by atoms with Crippen molar-refractivity contribution in [3.8, 4) is 0 Å². The molecule has 0 saturated heterocycles. The van der Waals surface area contributed by atoms with Crippen LogP contribution in [-0.2, 0) is 0 Å². The molecule has 0 aliphatic rings. The summed E-state index contributed by atoms with van der Waals surface area (Å²) in [5.74, 6) is -3.77. The first kappa shape index (κ1) is 13.1. The molecular weight excluding hydrogens is 255 g/mol. The number of amides is 1. The highest BCUT2D eigenvalue weighted by Gasteiger charge is 2.16. The van der Waals surface area contributed by atoms with Crippen molar-refractivity contribution < 1.29 is 18.0 Å². The third kappa shape index (κ3) is 2.59. The van der Waals surface area contributed by atoms with Crippen LogP contribution in [0.5, 0.6) is 0 Å². The van der Waals surface area contributed by atoms with Crippen LogP contribution in [0, 0.1) is 24.4 Å². The molecule has 0 radical (unpaired) electrons. The maximum absolute atomic E-state index is 13.7. The fraction of sp³-hybridized carbons (Fsp3) is 0.0714. The fourth-order valence-electron chi connectivity index (χ4n) is 1.61. The largest absolute Gasteiger partial charge is 0.319 e. The first-order valence-corrected chi connectivity index (χ1v) is 5.51. The van der Waals surface area contributed by atoms with Gasteiger partial charge in [0.25, 0.3) is 5.91 Å². The molecule has 2 nitrogen and oxygen atoms in total. The number of carbonyl (C=O) groups is 1. The molecule has 2 rings (SSSR count). The summed E-state index contributed by atoms with van der Waals surface area (Å²) in [5, 5.41) is 2.14. The quantitative estimate of drug-likeness (QED) is 0.882. The normalized spacial score (nSPS) is 10.3. The molecule has 0 aliphatic heterocycles. The molecule has 0 spiro atoms. The molecule has 98 valence electrons. The van der Waals surface area contributed by atoms with Crippen molar-refractivity contribution in [2.24, 2.45) is 0 Å². The van der Waals surface area contributed by atoms with E-state index in [0.717, 1.165) is 6.07 Å². The molecule has 0 unspecified atom stereocenters. The predicted octanol–water partition coefficient (Wildman–Crippen LogP) is 3.66. The highest BCUT2D eigenvalue weighted by Crippen LogP contribution is 2.19. The summed E-state index contributed by atoms with van der Waals surface area (Å²) in [6.07, 6.45) is 0. The van der Waals surface area contributed by atoms with Gasteiger partial charge in [0.15, 0.2) is 11.6 Å². The average molecular weight is 265 g/mol. The Hall–Kier alpha value is -2.30. The second-order valence-corrected chi connectivity index (χ2v) is 3.99. The highest BCUT2D eigenvalue weighted by atomic mass is 19.2. The maximum Gasteiger partial charge on any atom is 0.258 e. The number of rotatable bonds is 2. The third-order valence-corrected chi connectivity index (χ3v) is 2.64. The van der Waals surface area contributed by atoms with E-state index in [0.29, 0.717) is 5.56 Å². The Kier molecular flexibility index (Phi) is 3.55. The van der Waals surface area contributed by atoms with Crippen molar-refractivity contribution in [2.75, 3.05) is 5.32 Å². The Balaban J connectivity index is 2.31. The number of carbonyl (C=O) groups excluding carboxylic acids is 1. The van der Waals surface area contributed by atoms with E-state index >= 15 is 0 Å². The van der Waals surface area contributed by atoms with Crippen LogP contribution >= 0.6 is 0 Å². The van der Waals surface area contributed by atoms with Gasteiger partial charge >= 0.3 is 0 Å². The van der Waals surface area contributed by atoms with Crippen LogP contribution in [0.25, 0.3) is 0 Å². The van der Waals surface area contributed by atoms with Gasteiger partial charge in [-0.1, -0.05) is 18.2 Å². The summed E-state index contributed by atoms with van der Waals surface area (Å²) in [6.45, 7) is 1.51. The van der Waals surface area contributed by atoms with E-state index in [9.17, 15) is 18.0 Å². The van der Waals surface area contributed by atoms with Crippen LogP contribution < -0.4 is 5.32 Å². The van der Waals surface area contributed by atoms with E-state index in [-0.39, 0.29) is 11.3 Å². The van der Waals surface area contributed by atoms with Gasteiger partial charge in [0, 0.05) is 0 Å². The molecule has 0 saturated carbocycles. The van der Waals surface area contributed by atoms with Gasteiger partial charge < -0.3 is 5.32 Å². The number of anilines is 1. The Morgan fingerprint density at radius 2 is 1.68 bits per heavy atom. The summed E-state index contributed by atoms with van der Waals surface area (Å²) in [7, 11) is 0. The minimum atomic E-state index is -1.18. The molecule has 0 fully saturated rings. The Labute approximate surface area is 107 Å². The minimum absolute atomic E-state index is 0.219. The van der Waals surface area contributed by atoms with Crippen molar-refractivity contribution >= 4 is 11.6 Å². The zero-order valence-electron chi connectivity index (χ0n) is 10.0. The molecule has 0 aliphatic carbocycles. The minimum Gasteiger partial charge on any atom is -0.319 e. The topological polar surface area (TPSA) is 29.1 Å². The molecule has 2 aromatic carbocycles. The van der Waals surface area contributed by atoms with Crippen LogP contribution in [0.4, 0.5) is 18.9 Å². The number of hydrogen-bond donors (Lipinski definition) is 1. The fourth-order valence-corrected chi connectivity index (χ4v) is 1.61. The van der Waals surface area contributed by atoms with Crippen LogP contribution in [0.2, 0.25) is 0 Å². The molecule has 0 heterocycles. The van der Waals surface area contributed by atoms with Crippen LogP contribution in [-0.4, -0.2) is 5.91 Å². The van der Waals surface area contributed by atoms with E-state index in [1.807, 2.05) is 0 Å². The molecule has 5 heteroatoms. The van der Waals surface area contributed by atoms with E-state index in [1.165, 1.54) is 37.3 Å². The second-order valence-electron chi connectivity index (χ2n) is 3.99. The summed E-state index contributed by atoms with van der Waals surface area (Å²) < 4.78 is 40.1. The van der Waals surface area contributed by atoms with E-state index in [1.54, 1.807) is 0 Å². The molecule has 19 heavy (non-hydrogen) atoms. The number of aryl methyl sites for hydroxylation is 1. The van der Waals surface area contributed by atoms with Crippen LogP contribution in [0.1, 0.15) is 15.9 Å². The summed E-state index contributed by atoms with van der Waals surface area (Å²) in [5.41, 5.74) is -0.248. The molecule has 0 bridgehead atoms. The van der Waals surface area contributed by atoms with E-state index < -0.39 is 23.4 Å². The second kappa shape index (κ2) is 5.14. The lowest BCUT2D eigenvalue weighted by atomic mass is 10.1. The lowest BCUT2D eigenvalue weighted by Gasteiger charge is -2.08. The summed E-state index contributed by atoms with van der Waals surface area (Å²) >= 11 is 0. The molecule has 2 aromatic rings. The SMILES string of the molecule is Cc1cccc(C(=O)Nc2cccc(F)c2F)c1F. The van der Waals surface area contributed by atoms with Gasteiger partial charge in [0.05, 0.1) is 11.3 Å². The zero-order valence-corrected chi connectivity index (χ0v) is 10.0. The Bertz CT molecular complexity index is 641. The average Bonchev–Trinajstić information content (AvgIpc) is 2.38. The van der Waals surface area contributed by atoms with Crippen molar-refractivity contribution in [1.82, 2.24) is 0 Å². The molecule has 1 amide bonds. The number of halogens is 3. The highest BCUT2D eigenvalue weighted by molar-refractivity contribution is 6.04. The summed E-state index contributed by atoms with van der Waals surface area (Å²) in [6, 6.07) is 7.67. The standard InChI is InChI=1S/C14H10F3NO/c1-8-4-2-5-9(12(8)16)14(19)18-11-7-3-6-10(15)13(11)17/h2-7H,1H3,(H,18,19). The van der Waals surface area contributed by atoms with Gasteiger partial charge in [-0.15, -0.1) is 0 Å². The van der Waals surface area contributed by atoms with Gasteiger partial charge in [0.2, 0.25) is 0 Å². The lowest BCUT2D eigenvalue weighted by molar-refractivity contribution is 0.102. The first-order chi connectivity index (χ1) is 9.00. The van der Waals surface area contributed by atoms with Gasteiger partial charge in [-0.05, 0) is 30.7 Å². The molecule has 0 aromatic heterocycles. The lowest BCUT2D eigenvalue weighted by Crippen LogP contribution is -2.15. The summed E-state index contributed by atoms with van der Waals surface area (Å²) in [4.78, 5) is 11.8. The number of hydrogen-bond acceptors (Lipinski definition) is 1. The smallest absolute Gasteiger partial charge is 0.258 e. The maximum atomic E-state index is 13.7. The Morgan fingerprint density at radius 3 is 2.42 bits per heavy atom. The zero-order chi connectivity index (χ0) is 14.0. The predicted molar refractivity (Wildman–Crippen MR) is 65.4 cm³/mol. The third-order valence-electron chi connectivity index (χ3n) is 2.64. The molecular formula is C14H10F3NO. The van der Waals surface area contributed by atoms with Gasteiger partial charge in [-0.25, -0.2) is 13.2 Å². The molecule has 0 atom stereocenters. The van der Waals surface area contributed by atoms with Gasteiger partial charge in [-0.3, -0.25) is 4.79 Å². The van der Waals surface area contributed by atoms with Crippen molar-refractivity contribution in [3.05, 3.63) is 65.0 Å². The van der Waals surface area contributed by atoms with Gasteiger partial charge in [-0.2, -0.15) is 0 Å². The van der Waals surface area contributed by atoms with Crippen molar-refractivity contribution in [1.29, 1.82) is 0 Å². The number of benzene rings is 2. The van der Waals surface area contributed by atoms with Gasteiger partial charge in [0.1, 0.15) is 5.82 Å². The van der Waals surface area contributed by atoms with Crippen LogP contribution in [0.15, 0.2) is 36.4 Å². The van der Waals surface area contributed by atoms with Crippen molar-refractivity contribution in [3.63, 3.8) is 0 Å². The first-order valence-electron chi connectivity index (χ1n) is 5.51. The van der Waals surface area contributed by atoms with Crippen LogP contribution in [0.3, 0.4) is 0 Å².